The van der Waals surface area contributed by atoms with E-state index in [0.717, 1.165) is 32.4 Å². The molecule has 0 aromatic heterocycles. The molecule has 0 bridgehead atoms. The first-order valence-electron chi connectivity index (χ1n) is 11.6. The standard InChI is InChI=1S/C30H24N2O4/c1-19-6-5-8-23(16-19)32-29(34)26(28(33)31-30(32)35)17-21-11-14-24(15-12-21)36-18-27-20(2)10-13-22-7-3-4-9-25(22)27/h3-17H,18H2,1-2H3,(H,31,33,35)/b26-17+. The van der Waals surface area contributed by atoms with E-state index in [2.05, 4.69) is 36.5 Å². The molecule has 1 aliphatic rings. The van der Waals surface area contributed by atoms with Crippen LogP contribution in [0.3, 0.4) is 0 Å². The third-order valence-electron chi connectivity index (χ3n) is 6.21. The lowest BCUT2D eigenvalue weighted by Gasteiger charge is -2.26. The SMILES string of the molecule is Cc1cccc(N2C(=O)NC(=O)/C(=C\c3ccc(OCc4c(C)ccc5ccccc45)cc3)C2=O)c1. The van der Waals surface area contributed by atoms with Crippen molar-refractivity contribution in [2.24, 2.45) is 0 Å². The Kier molecular flexibility index (Phi) is 6.09. The summed E-state index contributed by atoms with van der Waals surface area (Å²) in [7, 11) is 0. The molecule has 4 amide bonds. The number of benzene rings is 4. The van der Waals surface area contributed by atoms with Crippen LogP contribution in [0.4, 0.5) is 10.5 Å². The molecule has 0 atom stereocenters. The number of hydrogen-bond acceptors (Lipinski definition) is 4. The summed E-state index contributed by atoms with van der Waals surface area (Å²) in [5, 5.41) is 4.58. The lowest BCUT2D eigenvalue weighted by molar-refractivity contribution is -0.122. The Balaban J connectivity index is 1.35. The van der Waals surface area contributed by atoms with Gasteiger partial charge in [-0.15, -0.1) is 0 Å². The van der Waals surface area contributed by atoms with Gasteiger partial charge in [0.2, 0.25) is 0 Å². The number of fused-ring (bicyclic) bond motifs is 1. The number of carbonyl (C=O) groups excluding carboxylic acids is 3. The fourth-order valence-electron chi connectivity index (χ4n) is 4.28. The summed E-state index contributed by atoms with van der Waals surface area (Å²) in [5.41, 5.74) is 4.11. The van der Waals surface area contributed by atoms with Crippen molar-refractivity contribution in [1.82, 2.24) is 5.32 Å². The number of barbiturate groups is 1. The van der Waals surface area contributed by atoms with Crippen LogP contribution in [0.5, 0.6) is 5.75 Å². The third kappa shape index (κ3) is 4.49. The molecule has 1 aliphatic heterocycles. The maximum absolute atomic E-state index is 13.1. The number of anilines is 1. The molecule has 0 spiro atoms. The van der Waals surface area contributed by atoms with Crippen LogP contribution in [-0.2, 0) is 16.2 Å². The highest BCUT2D eigenvalue weighted by molar-refractivity contribution is 6.39. The van der Waals surface area contributed by atoms with E-state index in [9.17, 15) is 14.4 Å². The van der Waals surface area contributed by atoms with Gasteiger partial charge in [-0.25, -0.2) is 9.69 Å². The Morgan fingerprint density at radius 1 is 0.861 bits per heavy atom. The molecule has 1 heterocycles. The van der Waals surface area contributed by atoms with Gasteiger partial charge >= 0.3 is 6.03 Å². The second-order valence-corrected chi connectivity index (χ2v) is 8.74. The lowest BCUT2D eigenvalue weighted by Crippen LogP contribution is -2.54. The largest absolute Gasteiger partial charge is 0.489 e. The number of ether oxygens (including phenoxy) is 1. The minimum absolute atomic E-state index is 0.115. The molecule has 4 aromatic rings. The molecule has 0 saturated carbocycles. The van der Waals surface area contributed by atoms with Gasteiger partial charge in [-0.05, 0) is 71.7 Å². The summed E-state index contributed by atoms with van der Waals surface area (Å²) >= 11 is 0. The first-order chi connectivity index (χ1) is 17.4. The van der Waals surface area contributed by atoms with E-state index in [4.69, 9.17) is 4.74 Å². The molecule has 6 nitrogen and oxygen atoms in total. The smallest absolute Gasteiger partial charge is 0.335 e. The van der Waals surface area contributed by atoms with E-state index >= 15 is 0 Å². The number of aryl methyl sites for hydroxylation is 2. The highest BCUT2D eigenvalue weighted by atomic mass is 16.5. The van der Waals surface area contributed by atoms with Crippen molar-refractivity contribution >= 4 is 40.4 Å². The topological polar surface area (TPSA) is 75.7 Å². The van der Waals surface area contributed by atoms with Gasteiger partial charge in [0.05, 0.1) is 5.69 Å². The number of nitrogens with one attached hydrogen (secondary N) is 1. The lowest BCUT2D eigenvalue weighted by atomic mass is 10.0. The molecular weight excluding hydrogens is 452 g/mol. The van der Waals surface area contributed by atoms with E-state index in [0.29, 0.717) is 23.6 Å². The van der Waals surface area contributed by atoms with Gasteiger partial charge in [-0.1, -0.05) is 60.7 Å². The Labute approximate surface area is 208 Å². The van der Waals surface area contributed by atoms with Gasteiger partial charge in [0, 0.05) is 5.56 Å². The van der Waals surface area contributed by atoms with Crippen molar-refractivity contribution in [2.75, 3.05) is 4.90 Å². The minimum atomic E-state index is -0.764. The third-order valence-corrected chi connectivity index (χ3v) is 6.21. The van der Waals surface area contributed by atoms with E-state index in [1.165, 1.54) is 6.08 Å². The van der Waals surface area contributed by atoms with Crippen molar-refractivity contribution in [2.45, 2.75) is 20.5 Å². The second-order valence-electron chi connectivity index (χ2n) is 8.74. The number of nitrogens with zero attached hydrogens (tertiary/aromatic N) is 1. The van der Waals surface area contributed by atoms with Crippen LogP contribution >= 0.6 is 0 Å². The zero-order valence-electron chi connectivity index (χ0n) is 19.9. The predicted octanol–water partition coefficient (Wildman–Crippen LogP) is 5.70. The second kappa shape index (κ2) is 9.50. The van der Waals surface area contributed by atoms with Crippen LogP contribution in [0.15, 0.2) is 90.5 Å². The monoisotopic (exact) mass is 476 g/mol. The number of rotatable bonds is 5. The number of imide groups is 2. The summed E-state index contributed by atoms with van der Waals surface area (Å²) in [6.07, 6.45) is 1.48. The summed E-state index contributed by atoms with van der Waals surface area (Å²) in [5.74, 6) is -0.720. The Morgan fingerprint density at radius 2 is 1.64 bits per heavy atom. The molecule has 0 radical (unpaired) electrons. The van der Waals surface area contributed by atoms with E-state index < -0.39 is 17.8 Å². The van der Waals surface area contributed by atoms with E-state index in [1.54, 1.807) is 42.5 Å². The van der Waals surface area contributed by atoms with Gasteiger partial charge in [-0.2, -0.15) is 0 Å². The normalized spacial score (nSPS) is 14.9. The summed E-state index contributed by atoms with van der Waals surface area (Å²) in [6.45, 7) is 4.35. The van der Waals surface area contributed by atoms with Crippen LogP contribution in [0.1, 0.15) is 22.3 Å². The molecule has 0 aliphatic carbocycles. The first-order valence-corrected chi connectivity index (χ1v) is 11.6. The van der Waals surface area contributed by atoms with E-state index in [-0.39, 0.29) is 5.57 Å². The molecule has 5 rings (SSSR count). The van der Waals surface area contributed by atoms with Crippen LogP contribution in [0, 0.1) is 13.8 Å². The molecule has 178 valence electrons. The summed E-state index contributed by atoms with van der Waals surface area (Å²) in [6, 6.07) is 25.8. The minimum Gasteiger partial charge on any atom is -0.489 e. The molecule has 1 N–H and O–H groups in total. The zero-order chi connectivity index (χ0) is 25.2. The Hall–Kier alpha value is -4.71. The fourth-order valence-corrected chi connectivity index (χ4v) is 4.28. The highest BCUT2D eigenvalue weighted by Crippen LogP contribution is 2.26. The van der Waals surface area contributed by atoms with Crippen molar-refractivity contribution < 1.29 is 19.1 Å². The maximum Gasteiger partial charge on any atom is 0.335 e. The average Bonchev–Trinajstić information content (AvgIpc) is 2.87. The molecule has 6 heteroatoms. The molecule has 1 saturated heterocycles. The number of urea groups is 1. The van der Waals surface area contributed by atoms with Gasteiger partial charge in [0.1, 0.15) is 17.9 Å². The summed E-state index contributed by atoms with van der Waals surface area (Å²) < 4.78 is 6.05. The van der Waals surface area contributed by atoms with Crippen molar-refractivity contribution in [1.29, 1.82) is 0 Å². The maximum atomic E-state index is 13.1. The Morgan fingerprint density at radius 3 is 2.42 bits per heavy atom. The van der Waals surface area contributed by atoms with Gasteiger partial charge < -0.3 is 4.74 Å². The predicted molar refractivity (Wildman–Crippen MR) is 140 cm³/mol. The fraction of sp³-hybridized carbons (Fsp3) is 0.100. The zero-order valence-corrected chi connectivity index (χ0v) is 19.9. The quantitative estimate of drug-likeness (QED) is 0.296. The van der Waals surface area contributed by atoms with Crippen LogP contribution in [-0.4, -0.2) is 17.8 Å². The molecule has 1 fully saturated rings. The van der Waals surface area contributed by atoms with Crippen LogP contribution < -0.4 is 15.0 Å². The summed E-state index contributed by atoms with van der Waals surface area (Å²) in [4.78, 5) is 38.9. The van der Waals surface area contributed by atoms with Crippen LogP contribution in [0.2, 0.25) is 0 Å². The molecule has 0 unspecified atom stereocenters. The van der Waals surface area contributed by atoms with Crippen molar-refractivity contribution in [3.8, 4) is 5.75 Å². The molecular formula is C30H24N2O4. The molecule has 4 aromatic carbocycles. The number of carbonyl (C=O) groups is 3. The first kappa shape index (κ1) is 23.1. The average molecular weight is 477 g/mol. The van der Waals surface area contributed by atoms with E-state index in [1.807, 2.05) is 25.1 Å². The van der Waals surface area contributed by atoms with Crippen LogP contribution in [0.25, 0.3) is 16.8 Å². The van der Waals surface area contributed by atoms with Gasteiger partial charge in [-0.3, -0.25) is 14.9 Å². The highest BCUT2D eigenvalue weighted by Gasteiger charge is 2.36. The van der Waals surface area contributed by atoms with Crippen molar-refractivity contribution in [3.05, 3.63) is 113 Å². The number of amides is 4. The van der Waals surface area contributed by atoms with Gasteiger partial charge in [0.25, 0.3) is 11.8 Å². The molecule has 36 heavy (non-hydrogen) atoms. The van der Waals surface area contributed by atoms with Gasteiger partial charge in [0.15, 0.2) is 0 Å². The number of hydrogen-bond donors (Lipinski definition) is 1. The van der Waals surface area contributed by atoms with Crippen molar-refractivity contribution in [3.63, 3.8) is 0 Å². The Bertz CT molecular complexity index is 1540.